The van der Waals surface area contributed by atoms with Crippen molar-refractivity contribution in [3.05, 3.63) is 187 Å². The number of thiophene rings is 1. The van der Waals surface area contributed by atoms with Crippen molar-refractivity contribution in [3.63, 3.8) is 0 Å². The van der Waals surface area contributed by atoms with E-state index < -0.39 is 0 Å². The molecule has 0 spiro atoms. The van der Waals surface area contributed by atoms with Crippen LogP contribution in [-0.4, -0.2) is 19.1 Å². The molecule has 0 saturated heterocycles. The van der Waals surface area contributed by atoms with Crippen LogP contribution in [0.5, 0.6) is 0 Å². The van der Waals surface area contributed by atoms with Gasteiger partial charge in [-0.25, -0.2) is 9.97 Å². The normalized spacial score (nSPS) is 14.2. The van der Waals surface area contributed by atoms with Gasteiger partial charge in [-0.15, -0.1) is 11.3 Å². The molecule has 0 fully saturated rings. The molecule has 0 saturated carbocycles. The maximum absolute atomic E-state index is 5.65. The number of hydrogen-bond donors (Lipinski definition) is 0. The van der Waals surface area contributed by atoms with Crippen LogP contribution in [0.1, 0.15) is 23.7 Å². The van der Waals surface area contributed by atoms with Crippen molar-refractivity contribution in [1.29, 1.82) is 0 Å². The number of allylic oxidation sites excluding steroid dienone is 1. The van der Waals surface area contributed by atoms with Gasteiger partial charge in [-0.2, -0.15) is 0 Å². The van der Waals surface area contributed by atoms with E-state index in [1.165, 1.54) is 91.3 Å². The summed E-state index contributed by atoms with van der Waals surface area (Å²) in [6, 6.07) is 60.0. The smallest absolute Gasteiger partial charge is 0.159 e. The number of aromatic nitrogens is 4. The molecule has 4 nitrogen and oxygen atoms in total. The summed E-state index contributed by atoms with van der Waals surface area (Å²) in [6.45, 7) is 4.48. The van der Waals surface area contributed by atoms with E-state index in [9.17, 15) is 0 Å². The minimum atomic E-state index is 0.404. The van der Waals surface area contributed by atoms with Gasteiger partial charge in [-0.3, -0.25) is 4.57 Å². The van der Waals surface area contributed by atoms with Crippen LogP contribution in [0, 0.1) is 12.8 Å². The summed E-state index contributed by atoms with van der Waals surface area (Å²) in [5.41, 5.74) is 13.8. The molecule has 0 radical (unpaired) electrons. The largest absolute Gasteiger partial charge is 0.309 e. The number of benzene rings is 9. The van der Waals surface area contributed by atoms with Crippen molar-refractivity contribution in [1.82, 2.24) is 19.1 Å². The Morgan fingerprint density at radius 3 is 2.10 bits per heavy atom. The maximum Gasteiger partial charge on any atom is 0.159 e. The van der Waals surface area contributed by atoms with Gasteiger partial charge in [-0.05, 0) is 100 Å². The summed E-state index contributed by atoms with van der Waals surface area (Å²) in [5.74, 6) is 1.28. The average molecular weight is 823 g/mol. The fourth-order valence-corrected chi connectivity index (χ4v) is 12.3. The first-order chi connectivity index (χ1) is 31.1. The zero-order valence-electron chi connectivity index (χ0n) is 34.7. The van der Waals surface area contributed by atoms with Crippen LogP contribution in [0.4, 0.5) is 0 Å². The van der Waals surface area contributed by atoms with Gasteiger partial charge in [0.2, 0.25) is 0 Å². The van der Waals surface area contributed by atoms with Crippen molar-refractivity contribution < 1.29 is 0 Å². The second-order valence-corrected chi connectivity index (χ2v) is 18.4. The van der Waals surface area contributed by atoms with Gasteiger partial charge in [0.05, 0.1) is 43.5 Å². The second kappa shape index (κ2) is 13.0. The first kappa shape index (κ1) is 35.0. The minimum absolute atomic E-state index is 0.404. The minimum Gasteiger partial charge on any atom is -0.309 e. The van der Waals surface area contributed by atoms with E-state index in [0.29, 0.717) is 5.92 Å². The number of hydrogen-bond acceptors (Lipinski definition) is 3. The summed E-state index contributed by atoms with van der Waals surface area (Å²) < 4.78 is 7.50. The molecule has 14 rings (SSSR count). The van der Waals surface area contributed by atoms with Crippen LogP contribution in [0.15, 0.2) is 170 Å². The lowest BCUT2D eigenvalue weighted by Gasteiger charge is -2.20. The standard InChI is InChI=1S/C58H38N4S/c1-33-20-25-44-46(30-33)52-47-31-37(38-22-26-43-42-18-10-11-19-49(42)61(51(43)32-38)39-14-4-3-5-15-39)24-29-50(47)62(58-34(2)59-48-28-23-35-12-6-8-16-40(35)54(48)60-58)55(52)57-53(44)45-27-21-36-13-7-9-17-41(36)56(45)63-57/h3-29,31-33H,30H2,1-2H3. The van der Waals surface area contributed by atoms with Gasteiger partial charge in [0.15, 0.2) is 5.82 Å². The Morgan fingerprint density at radius 2 is 1.22 bits per heavy atom. The van der Waals surface area contributed by atoms with Crippen LogP contribution in [0.2, 0.25) is 0 Å². The number of para-hydroxylation sites is 2. The van der Waals surface area contributed by atoms with E-state index in [-0.39, 0.29) is 0 Å². The SMILES string of the molecule is Cc1nc2ccc3ccccc3c2nc1-n1c2ccc(-c3ccc4c5ccccc5n(-c5ccccc5)c4c3)cc2c2c3c(c4c5ccc6ccccc6c5sc4c21)C=CC(C)C3. The Labute approximate surface area is 366 Å². The summed E-state index contributed by atoms with van der Waals surface area (Å²) in [7, 11) is 0. The first-order valence-electron chi connectivity index (χ1n) is 21.9. The van der Waals surface area contributed by atoms with Gasteiger partial charge in [0, 0.05) is 48.1 Å². The molecule has 1 aliphatic carbocycles. The number of aryl methyl sites for hydroxylation is 1. The third kappa shape index (κ3) is 4.91. The zero-order chi connectivity index (χ0) is 41.5. The topological polar surface area (TPSA) is 35.6 Å². The fraction of sp³-hybridized carbons (Fsp3) is 0.0690. The van der Waals surface area contributed by atoms with Crippen molar-refractivity contribution in [2.24, 2.45) is 5.92 Å². The Morgan fingerprint density at radius 1 is 0.540 bits per heavy atom. The van der Waals surface area contributed by atoms with E-state index >= 15 is 0 Å². The molecule has 1 atom stereocenters. The Bertz CT molecular complexity index is 4150. The lowest BCUT2D eigenvalue weighted by atomic mass is 9.85. The molecule has 0 aliphatic heterocycles. The molecule has 1 unspecified atom stereocenters. The highest BCUT2D eigenvalue weighted by Crippen LogP contribution is 2.51. The lowest BCUT2D eigenvalue weighted by Crippen LogP contribution is -2.06. The fourth-order valence-electron chi connectivity index (χ4n) is 10.9. The van der Waals surface area contributed by atoms with Crippen LogP contribution in [0.3, 0.4) is 0 Å². The summed E-state index contributed by atoms with van der Waals surface area (Å²) in [6.07, 6.45) is 5.79. The predicted molar refractivity (Wildman–Crippen MR) is 268 cm³/mol. The quantitative estimate of drug-likeness (QED) is 0.166. The summed E-state index contributed by atoms with van der Waals surface area (Å²) >= 11 is 1.93. The zero-order valence-corrected chi connectivity index (χ0v) is 35.5. The van der Waals surface area contributed by atoms with Gasteiger partial charge in [0.25, 0.3) is 0 Å². The van der Waals surface area contributed by atoms with E-state index in [0.717, 1.165) is 50.9 Å². The predicted octanol–water partition coefficient (Wildman–Crippen LogP) is 15.7. The molecule has 13 aromatic rings. The number of nitrogens with zero attached hydrogens (tertiary/aromatic N) is 4. The summed E-state index contributed by atoms with van der Waals surface area (Å²) in [5, 5.41) is 12.6. The van der Waals surface area contributed by atoms with Crippen molar-refractivity contribution in [2.75, 3.05) is 0 Å². The average Bonchev–Trinajstić information content (AvgIpc) is 4.00. The maximum atomic E-state index is 5.65. The molecular weight excluding hydrogens is 785 g/mol. The first-order valence-corrected chi connectivity index (χ1v) is 22.7. The monoisotopic (exact) mass is 822 g/mol. The molecular formula is C58H38N4S. The highest BCUT2D eigenvalue weighted by Gasteiger charge is 2.28. The van der Waals surface area contributed by atoms with Gasteiger partial charge >= 0.3 is 0 Å². The highest BCUT2D eigenvalue weighted by molar-refractivity contribution is 7.27. The highest BCUT2D eigenvalue weighted by atomic mass is 32.1. The molecule has 5 heteroatoms. The van der Waals surface area contributed by atoms with E-state index in [1.807, 2.05) is 11.3 Å². The van der Waals surface area contributed by atoms with Crippen molar-refractivity contribution in [3.8, 4) is 22.6 Å². The summed E-state index contributed by atoms with van der Waals surface area (Å²) in [4.78, 5) is 11.0. The van der Waals surface area contributed by atoms with Gasteiger partial charge in [-0.1, -0.05) is 140 Å². The molecule has 296 valence electrons. The molecule has 0 N–H and O–H groups in total. The number of rotatable bonds is 3. The van der Waals surface area contributed by atoms with Gasteiger partial charge in [0.1, 0.15) is 0 Å². The molecule has 0 amide bonds. The molecule has 4 aromatic heterocycles. The van der Waals surface area contributed by atoms with E-state index in [2.05, 4.69) is 199 Å². The van der Waals surface area contributed by atoms with Crippen LogP contribution in [0.25, 0.3) is 125 Å². The molecule has 63 heavy (non-hydrogen) atoms. The van der Waals surface area contributed by atoms with Crippen LogP contribution in [-0.2, 0) is 6.42 Å². The Hall–Kier alpha value is -7.60. The molecule has 0 bridgehead atoms. The molecule has 9 aromatic carbocycles. The third-order valence-corrected chi connectivity index (χ3v) is 15.0. The van der Waals surface area contributed by atoms with Crippen LogP contribution >= 0.6 is 11.3 Å². The number of fused-ring (bicyclic) bond motifs is 18. The third-order valence-electron chi connectivity index (χ3n) is 13.7. The Balaban J connectivity index is 1.13. The van der Waals surface area contributed by atoms with E-state index in [4.69, 9.17) is 9.97 Å². The van der Waals surface area contributed by atoms with Crippen LogP contribution < -0.4 is 0 Å². The van der Waals surface area contributed by atoms with Crippen molar-refractivity contribution in [2.45, 2.75) is 20.3 Å². The van der Waals surface area contributed by atoms with E-state index in [1.54, 1.807) is 0 Å². The Kier molecular flexibility index (Phi) is 7.21. The molecule has 4 heterocycles. The second-order valence-electron chi connectivity index (χ2n) is 17.4. The van der Waals surface area contributed by atoms with Crippen molar-refractivity contribution >= 4 is 114 Å². The molecule has 1 aliphatic rings. The lowest BCUT2D eigenvalue weighted by molar-refractivity contribution is 0.723. The van der Waals surface area contributed by atoms with Gasteiger partial charge < -0.3 is 4.57 Å².